The maximum Gasteiger partial charge on any atom is 0.125 e. The van der Waals surface area contributed by atoms with E-state index in [1.165, 1.54) is 31.6 Å². The molecule has 1 aromatic heterocycles. The summed E-state index contributed by atoms with van der Waals surface area (Å²) in [6.07, 6.45) is 4.31. The Balaban J connectivity index is 1.72. The predicted molar refractivity (Wildman–Crippen MR) is 79.8 cm³/mol. The Labute approximate surface area is 113 Å². The lowest BCUT2D eigenvalue weighted by atomic mass is 10.2. The van der Waals surface area contributed by atoms with E-state index in [1.54, 1.807) is 6.20 Å². The number of nitrogen functional groups attached to an aromatic ring is 1. The Hall–Kier alpha value is -2.23. The fourth-order valence-electron chi connectivity index (χ4n) is 2.42. The summed E-state index contributed by atoms with van der Waals surface area (Å²) in [6, 6.07) is 12.3. The van der Waals surface area contributed by atoms with Gasteiger partial charge in [-0.3, -0.25) is 0 Å². The monoisotopic (exact) mass is 254 g/mol. The quantitative estimate of drug-likeness (QED) is 0.884. The molecule has 0 amide bonds. The smallest absolute Gasteiger partial charge is 0.125 e. The van der Waals surface area contributed by atoms with E-state index in [4.69, 9.17) is 5.73 Å². The van der Waals surface area contributed by atoms with Gasteiger partial charge in [0.2, 0.25) is 0 Å². The number of rotatable bonds is 3. The second-order valence-corrected chi connectivity index (χ2v) is 4.84. The molecule has 2 aromatic rings. The summed E-state index contributed by atoms with van der Waals surface area (Å²) >= 11 is 0. The maximum atomic E-state index is 5.66. The summed E-state index contributed by atoms with van der Waals surface area (Å²) in [5, 5.41) is 3.32. The normalized spacial score (nSPS) is 14.6. The number of nitrogens with zero attached hydrogens (tertiary/aromatic N) is 2. The first-order valence-corrected chi connectivity index (χ1v) is 6.65. The number of hydrogen-bond acceptors (Lipinski definition) is 4. The van der Waals surface area contributed by atoms with E-state index in [1.807, 2.05) is 12.1 Å². The maximum absolute atomic E-state index is 5.66. The molecule has 19 heavy (non-hydrogen) atoms. The lowest BCUT2D eigenvalue weighted by Crippen LogP contribution is -2.17. The Morgan fingerprint density at radius 2 is 1.74 bits per heavy atom. The zero-order valence-electron chi connectivity index (χ0n) is 10.8. The molecule has 0 spiro atoms. The third kappa shape index (κ3) is 2.78. The van der Waals surface area contributed by atoms with E-state index in [0.29, 0.717) is 5.82 Å². The molecule has 0 bridgehead atoms. The van der Waals surface area contributed by atoms with Gasteiger partial charge >= 0.3 is 0 Å². The van der Waals surface area contributed by atoms with E-state index in [9.17, 15) is 0 Å². The van der Waals surface area contributed by atoms with Crippen LogP contribution in [-0.4, -0.2) is 18.1 Å². The highest BCUT2D eigenvalue weighted by Crippen LogP contribution is 2.24. The lowest BCUT2D eigenvalue weighted by Gasteiger charge is -2.18. The Bertz CT molecular complexity index is 544. The van der Waals surface area contributed by atoms with Gasteiger partial charge in [0.1, 0.15) is 5.82 Å². The Morgan fingerprint density at radius 1 is 1.00 bits per heavy atom. The van der Waals surface area contributed by atoms with Crippen LogP contribution in [0.15, 0.2) is 42.6 Å². The van der Waals surface area contributed by atoms with Crippen LogP contribution in [0, 0.1) is 0 Å². The van der Waals surface area contributed by atoms with Gasteiger partial charge in [-0.15, -0.1) is 0 Å². The van der Waals surface area contributed by atoms with Crippen LogP contribution in [0.5, 0.6) is 0 Å². The molecule has 98 valence electrons. The van der Waals surface area contributed by atoms with Crippen molar-refractivity contribution in [2.75, 3.05) is 29.0 Å². The number of nitrogens with one attached hydrogen (secondary N) is 1. The molecule has 1 aliphatic rings. The fraction of sp³-hybridized carbons (Fsp3) is 0.267. The van der Waals surface area contributed by atoms with Crippen molar-refractivity contribution in [2.24, 2.45) is 0 Å². The number of aromatic nitrogens is 1. The molecule has 0 atom stereocenters. The average molecular weight is 254 g/mol. The second kappa shape index (κ2) is 5.18. The van der Waals surface area contributed by atoms with Crippen molar-refractivity contribution in [3.63, 3.8) is 0 Å². The number of nitrogens with two attached hydrogens (primary N) is 1. The summed E-state index contributed by atoms with van der Waals surface area (Å²) in [7, 11) is 0. The molecular weight excluding hydrogens is 236 g/mol. The lowest BCUT2D eigenvalue weighted by molar-refractivity contribution is 0.949. The number of hydrogen-bond donors (Lipinski definition) is 2. The molecule has 0 aliphatic carbocycles. The van der Waals surface area contributed by atoms with E-state index in [2.05, 4.69) is 39.5 Å². The number of pyridine rings is 1. The van der Waals surface area contributed by atoms with Gasteiger partial charge in [-0.05, 0) is 43.2 Å². The first-order chi connectivity index (χ1) is 9.31. The molecule has 0 unspecified atom stereocenters. The highest BCUT2D eigenvalue weighted by molar-refractivity contribution is 5.64. The van der Waals surface area contributed by atoms with Gasteiger partial charge in [-0.2, -0.15) is 0 Å². The number of anilines is 4. The molecule has 2 heterocycles. The summed E-state index contributed by atoms with van der Waals surface area (Å²) in [5.41, 5.74) is 8.99. The number of benzene rings is 1. The SMILES string of the molecule is Nc1cc(Nc2ccc(N3CCCC3)cc2)ccn1. The Morgan fingerprint density at radius 3 is 2.42 bits per heavy atom. The van der Waals surface area contributed by atoms with Crippen LogP contribution < -0.4 is 16.0 Å². The van der Waals surface area contributed by atoms with Gasteiger partial charge < -0.3 is 16.0 Å². The van der Waals surface area contributed by atoms with Crippen LogP contribution in [0.1, 0.15) is 12.8 Å². The molecule has 1 fully saturated rings. The highest BCUT2D eigenvalue weighted by Gasteiger charge is 2.11. The van der Waals surface area contributed by atoms with Gasteiger partial charge in [0.25, 0.3) is 0 Å². The summed E-state index contributed by atoms with van der Waals surface area (Å²) < 4.78 is 0. The third-order valence-electron chi connectivity index (χ3n) is 3.41. The standard InChI is InChI=1S/C15H18N4/c16-15-11-13(7-8-17-15)18-12-3-5-14(6-4-12)19-9-1-2-10-19/h3-8,11H,1-2,9-10H2,(H3,16,17,18). The predicted octanol–water partition coefficient (Wildman–Crippen LogP) is 3.01. The van der Waals surface area contributed by atoms with Crippen molar-refractivity contribution in [3.8, 4) is 0 Å². The summed E-state index contributed by atoms with van der Waals surface area (Å²) in [6.45, 7) is 2.35. The van der Waals surface area contributed by atoms with Crippen LogP contribution in [0.4, 0.5) is 22.9 Å². The second-order valence-electron chi connectivity index (χ2n) is 4.84. The minimum absolute atomic E-state index is 0.527. The minimum Gasteiger partial charge on any atom is -0.384 e. The van der Waals surface area contributed by atoms with Crippen molar-refractivity contribution in [3.05, 3.63) is 42.6 Å². The van der Waals surface area contributed by atoms with Crippen molar-refractivity contribution < 1.29 is 0 Å². The largest absolute Gasteiger partial charge is 0.384 e. The molecule has 0 saturated carbocycles. The molecule has 0 radical (unpaired) electrons. The van der Waals surface area contributed by atoms with Crippen LogP contribution in [0.2, 0.25) is 0 Å². The van der Waals surface area contributed by atoms with Crippen LogP contribution >= 0.6 is 0 Å². The first kappa shape index (κ1) is 11.8. The first-order valence-electron chi connectivity index (χ1n) is 6.65. The van der Waals surface area contributed by atoms with Crippen molar-refractivity contribution in [2.45, 2.75) is 12.8 Å². The van der Waals surface area contributed by atoms with E-state index in [0.717, 1.165) is 11.4 Å². The molecule has 4 nitrogen and oxygen atoms in total. The van der Waals surface area contributed by atoms with Crippen LogP contribution in [-0.2, 0) is 0 Å². The highest BCUT2D eigenvalue weighted by atomic mass is 15.1. The van der Waals surface area contributed by atoms with Crippen molar-refractivity contribution >= 4 is 22.9 Å². The average Bonchev–Trinajstić information content (AvgIpc) is 2.94. The molecule has 1 aliphatic heterocycles. The van der Waals surface area contributed by atoms with E-state index >= 15 is 0 Å². The topological polar surface area (TPSA) is 54.2 Å². The Kier molecular flexibility index (Phi) is 3.23. The van der Waals surface area contributed by atoms with Crippen LogP contribution in [0.25, 0.3) is 0 Å². The van der Waals surface area contributed by atoms with E-state index in [-0.39, 0.29) is 0 Å². The minimum atomic E-state index is 0.527. The zero-order valence-corrected chi connectivity index (χ0v) is 10.8. The van der Waals surface area contributed by atoms with Crippen molar-refractivity contribution in [1.29, 1.82) is 0 Å². The molecular formula is C15H18N4. The fourth-order valence-corrected chi connectivity index (χ4v) is 2.42. The van der Waals surface area contributed by atoms with Gasteiger partial charge in [0, 0.05) is 42.4 Å². The molecule has 4 heteroatoms. The summed E-state index contributed by atoms with van der Waals surface area (Å²) in [4.78, 5) is 6.40. The molecule has 3 N–H and O–H groups in total. The van der Waals surface area contributed by atoms with Gasteiger partial charge in [-0.25, -0.2) is 4.98 Å². The van der Waals surface area contributed by atoms with Gasteiger partial charge in [-0.1, -0.05) is 0 Å². The van der Waals surface area contributed by atoms with Gasteiger partial charge in [0.05, 0.1) is 0 Å². The molecule has 1 saturated heterocycles. The summed E-state index contributed by atoms with van der Waals surface area (Å²) in [5.74, 6) is 0.527. The molecule has 1 aromatic carbocycles. The van der Waals surface area contributed by atoms with Crippen molar-refractivity contribution in [1.82, 2.24) is 4.98 Å². The van der Waals surface area contributed by atoms with Gasteiger partial charge in [0.15, 0.2) is 0 Å². The molecule has 3 rings (SSSR count). The van der Waals surface area contributed by atoms with E-state index < -0.39 is 0 Å². The zero-order chi connectivity index (χ0) is 13.1. The van der Waals surface area contributed by atoms with Crippen LogP contribution in [0.3, 0.4) is 0 Å². The third-order valence-corrected chi connectivity index (χ3v) is 3.41.